The maximum Gasteiger partial charge on any atom is 0.119 e. The molecule has 1 aromatic carbocycles. The molecule has 2 atom stereocenters. The van der Waals surface area contributed by atoms with Crippen molar-refractivity contribution >= 4 is 0 Å². The number of hydrogen-bond acceptors (Lipinski definition) is 3. The van der Waals surface area contributed by atoms with Crippen molar-refractivity contribution in [1.29, 1.82) is 0 Å². The van der Waals surface area contributed by atoms with E-state index >= 15 is 0 Å². The van der Waals surface area contributed by atoms with Crippen LogP contribution in [0.5, 0.6) is 5.75 Å². The fourth-order valence-corrected chi connectivity index (χ4v) is 3.03. The monoisotopic (exact) mass is 290 g/mol. The highest BCUT2D eigenvalue weighted by Crippen LogP contribution is 2.19. The first-order chi connectivity index (χ1) is 10.2. The van der Waals surface area contributed by atoms with E-state index in [1.165, 1.54) is 31.4 Å². The number of nitrogens with zero attached hydrogens (tertiary/aromatic N) is 1. The summed E-state index contributed by atoms with van der Waals surface area (Å²) in [6, 6.07) is 9.33. The van der Waals surface area contributed by atoms with Crippen LogP contribution in [-0.4, -0.2) is 37.2 Å². The van der Waals surface area contributed by atoms with Crippen LogP contribution in [0.2, 0.25) is 0 Å². The van der Waals surface area contributed by atoms with E-state index in [4.69, 9.17) is 10.5 Å². The summed E-state index contributed by atoms with van der Waals surface area (Å²) in [6.45, 7) is 4.17. The van der Waals surface area contributed by atoms with Gasteiger partial charge >= 0.3 is 0 Å². The first-order valence-corrected chi connectivity index (χ1v) is 8.36. The van der Waals surface area contributed by atoms with Crippen molar-refractivity contribution in [3.63, 3.8) is 0 Å². The standard InChI is InChI=1S/C18H30N2O/c1-3-16(19)13-15-7-6-9-18(14-15)21-12-10-17-8-4-5-11-20(17)2/h6-7,9,14,16-17H,3-5,8,10-13,19H2,1-2H3. The van der Waals surface area contributed by atoms with Gasteiger partial charge in [0.25, 0.3) is 0 Å². The van der Waals surface area contributed by atoms with Crippen molar-refractivity contribution in [2.24, 2.45) is 5.73 Å². The summed E-state index contributed by atoms with van der Waals surface area (Å²) in [5.41, 5.74) is 7.30. The van der Waals surface area contributed by atoms with E-state index in [0.29, 0.717) is 6.04 Å². The Bertz CT molecular complexity index is 421. The fourth-order valence-electron chi connectivity index (χ4n) is 3.03. The highest BCUT2D eigenvalue weighted by atomic mass is 16.5. The second-order valence-corrected chi connectivity index (χ2v) is 6.29. The normalized spacial score (nSPS) is 21.2. The van der Waals surface area contributed by atoms with Crippen LogP contribution in [0.4, 0.5) is 0 Å². The molecule has 0 bridgehead atoms. The maximum atomic E-state index is 6.02. The van der Waals surface area contributed by atoms with Crippen molar-refractivity contribution in [2.45, 2.75) is 57.5 Å². The molecule has 0 saturated carbocycles. The summed E-state index contributed by atoms with van der Waals surface area (Å²) in [6.07, 6.45) is 7.08. The molecular formula is C18H30N2O. The molecule has 0 amide bonds. The average molecular weight is 290 g/mol. The number of hydrogen-bond donors (Lipinski definition) is 1. The van der Waals surface area contributed by atoms with Gasteiger partial charge in [-0.25, -0.2) is 0 Å². The molecule has 21 heavy (non-hydrogen) atoms. The number of rotatable bonds is 7. The molecule has 0 aliphatic carbocycles. The van der Waals surface area contributed by atoms with Gasteiger partial charge in [0.1, 0.15) is 5.75 Å². The lowest BCUT2D eigenvalue weighted by atomic mass is 10.0. The van der Waals surface area contributed by atoms with Gasteiger partial charge in [0.15, 0.2) is 0 Å². The van der Waals surface area contributed by atoms with E-state index in [1.54, 1.807) is 0 Å². The molecule has 3 nitrogen and oxygen atoms in total. The predicted octanol–water partition coefficient (Wildman–Crippen LogP) is 3.22. The van der Waals surface area contributed by atoms with E-state index in [1.807, 2.05) is 6.07 Å². The second-order valence-electron chi connectivity index (χ2n) is 6.29. The van der Waals surface area contributed by atoms with Crippen molar-refractivity contribution in [3.05, 3.63) is 29.8 Å². The zero-order valence-electron chi connectivity index (χ0n) is 13.6. The maximum absolute atomic E-state index is 6.02. The van der Waals surface area contributed by atoms with Crippen molar-refractivity contribution in [1.82, 2.24) is 4.90 Å². The van der Waals surface area contributed by atoms with Crippen LogP contribution in [0.15, 0.2) is 24.3 Å². The molecular weight excluding hydrogens is 260 g/mol. The zero-order chi connectivity index (χ0) is 15.1. The molecule has 2 N–H and O–H groups in total. The molecule has 3 heteroatoms. The Morgan fingerprint density at radius 2 is 2.24 bits per heavy atom. The minimum atomic E-state index is 0.246. The minimum absolute atomic E-state index is 0.246. The third-order valence-electron chi connectivity index (χ3n) is 4.56. The van der Waals surface area contributed by atoms with Crippen LogP contribution in [0.25, 0.3) is 0 Å². The molecule has 1 heterocycles. The second kappa shape index (κ2) is 8.40. The highest BCUT2D eigenvalue weighted by Gasteiger charge is 2.18. The molecule has 1 aliphatic heterocycles. The summed E-state index contributed by atoms with van der Waals surface area (Å²) >= 11 is 0. The van der Waals surface area contributed by atoms with E-state index < -0.39 is 0 Å². The van der Waals surface area contributed by atoms with Crippen LogP contribution >= 0.6 is 0 Å². The van der Waals surface area contributed by atoms with E-state index in [-0.39, 0.29) is 6.04 Å². The van der Waals surface area contributed by atoms with Gasteiger partial charge in [0.05, 0.1) is 6.61 Å². The number of nitrogens with two attached hydrogens (primary N) is 1. The predicted molar refractivity (Wildman–Crippen MR) is 88.8 cm³/mol. The topological polar surface area (TPSA) is 38.5 Å². The third-order valence-corrected chi connectivity index (χ3v) is 4.56. The van der Waals surface area contributed by atoms with Crippen molar-refractivity contribution < 1.29 is 4.74 Å². The molecule has 118 valence electrons. The third kappa shape index (κ3) is 5.33. The van der Waals surface area contributed by atoms with Crippen molar-refractivity contribution in [2.75, 3.05) is 20.2 Å². The quantitative estimate of drug-likeness (QED) is 0.838. The Morgan fingerprint density at radius 1 is 1.38 bits per heavy atom. The van der Waals surface area contributed by atoms with Gasteiger partial charge in [-0.05, 0) is 63.4 Å². The Labute approximate surface area is 129 Å². The average Bonchev–Trinajstić information content (AvgIpc) is 2.49. The molecule has 0 aromatic heterocycles. The van der Waals surface area contributed by atoms with Crippen LogP contribution in [-0.2, 0) is 6.42 Å². The van der Waals surface area contributed by atoms with Gasteiger partial charge in [0.2, 0.25) is 0 Å². The number of ether oxygens (including phenoxy) is 1. The largest absolute Gasteiger partial charge is 0.494 e. The van der Waals surface area contributed by atoms with Gasteiger partial charge in [0, 0.05) is 12.1 Å². The molecule has 1 aromatic rings. The summed E-state index contributed by atoms with van der Waals surface area (Å²) in [4.78, 5) is 2.48. The van der Waals surface area contributed by atoms with Crippen LogP contribution < -0.4 is 10.5 Å². The van der Waals surface area contributed by atoms with Crippen LogP contribution in [0.1, 0.15) is 44.6 Å². The minimum Gasteiger partial charge on any atom is -0.494 e. The summed E-state index contributed by atoms with van der Waals surface area (Å²) in [7, 11) is 2.23. The van der Waals surface area contributed by atoms with Crippen molar-refractivity contribution in [3.8, 4) is 5.75 Å². The van der Waals surface area contributed by atoms with Gasteiger partial charge in [-0.2, -0.15) is 0 Å². The Kier molecular flexibility index (Phi) is 6.52. The summed E-state index contributed by atoms with van der Waals surface area (Å²) in [5, 5.41) is 0. The van der Waals surface area contributed by atoms with Gasteiger partial charge in [-0.15, -0.1) is 0 Å². The molecule has 0 spiro atoms. The van der Waals surface area contributed by atoms with Gasteiger partial charge in [-0.1, -0.05) is 25.5 Å². The molecule has 2 rings (SSSR count). The molecule has 1 saturated heterocycles. The van der Waals surface area contributed by atoms with Gasteiger partial charge in [-0.3, -0.25) is 0 Å². The first kappa shape index (κ1) is 16.3. The smallest absolute Gasteiger partial charge is 0.119 e. The van der Waals surface area contributed by atoms with Crippen LogP contribution in [0.3, 0.4) is 0 Å². The van der Waals surface area contributed by atoms with E-state index in [9.17, 15) is 0 Å². The lowest BCUT2D eigenvalue weighted by Gasteiger charge is -2.32. The van der Waals surface area contributed by atoms with E-state index in [2.05, 4.69) is 37.1 Å². The highest BCUT2D eigenvalue weighted by molar-refractivity contribution is 5.29. The lowest BCUT2D eigenvalue weighted by Crippen LogP contribution is -2.37. The van der Waals surface area contributed by atoms with E-state index in [0.717, 1.165) is 31.6 Å². The van der Waals surface area contributed by atoms with Crippen LogP contribution in [0, 0.1) is 0 Å². The lowest BCUT2D eigenvalue weighted by molar-refractivity contribution is 0.153. The number of likely N-dealkylation sites (tertiary alicyclic amines) is 1. The van der Waals surface area contributed by atoms with Gasteiger partial charge < -0.3 is 15.4 Å². The number of piperidine rings is 1. The molecule has 1 fully saturated rings. The first-order valence-electron chi connectivity index (χ1n) is 8.36. The number of benzene rings is 1. The summed E-state index contributed by atoms with van der Waals surface area (Å²) in [5.74, 6) is 0.981. The molecule has 1 aliphatic rings. The zero-order valence-corrected chi connectivity index (χ0v) is 13.6. The summed E-state index contributed by atoms with van der Waals surface area (Å²) < 4.78 is 5.95. The SMILES string of the molecule is CCC(N)Cc1cccc(OCCC2CCCCN2C)c1. The Hall–Kier alpha value is -1.06. The fraction of sp³-hybridized carbons (Fsp3) is 0.667. The molecule has 2 unspecified atom stereocenters. The molecule has 0 radical (unpaired) electrons. The Morgan fingerprint density at radius 3 is 3.00 bits per heavy atom. The Balaban J connectivity index is 1.78.